The van der Waals surface area contributed by atoms with Crippen LogP contribution in [-0.4, -0.2) is 46.8 Å². The van der Waals surface area contributed by atoms with Crippen molar-refractivity contribution in [2.24, 2.45) is 17.3 Å². The van der Waals surface area contributed by atoms with Crippen LogP contribution in [-0.2, 0) is 9.59 Å². The van der Waals surface area contributed by atoms with Gasteiger partial charge in [0.1, 0.15) is 0 Å². The number of carbonyl (C=O) groups is 2. The van der Waals surface area contributed by atoms with Crippen LogP contribution in [0.3, 0.4) is 0 Å². The first-order valence-electron chi connectivity index (χ1n) is 21.3. The second-order valence-electron chi connectivity index (χ2n) is 18.2. The Morgan fingerprint density at radius 1 is 0.529 bits per heavy atom. The van der Waals surface area contributed by atoms with Crippen LogP contribution in [0.4, 0.5) is 0 Å². The molecule has 0 radical (unpaired) electrons. The summed E-state index contributed by atoms with van der Waals surface area (Å²) in [5.74, 6) is 1.93. The molecule has 4 atom stereocenters. The van der Waals surface area contributed by atoms with Gasteiger partial charge in [0.05, 0.1) is 0 Å². The van der Waals surface area contributed by atoms with E-state index >= 15 is 0 Å². The predicted octanol–water partition coefficient (Wildman–Crippen LogP) is 9.24. The molecular formula is C45H62N4O2. The maximum Gasteiger partial charge on any atom is 0.220 e. The fourth-order valence-corrected chi connectivity index (χ4v) is 12.6. The topological polar surface area (TPSA) is 64.7 Å². The number of hydrogen-bond acceptors (Lipinski definition) is 4. The highest BCUT2D eigenvalue weighted by molar-refractivity contribution is 5.80. The van der Waals surface area contributed by atoms with Crippen molar-refractivity contribution in [2.45, 2.75) is 165 Å². The van der Waals surface area contributed by atoms with Gasteiger partial charge in [-0.15, -0.1) is 0 Å². The van der Waals surface area contributed by atoms with Crippen LogP contribution in [0, 0.1) is 17.3 Å². The molecule has 2 N–H and O–H groups in total. The first kappa shape index (κ1) is 34.1. The lowest BCUT2D eigenvalue weighted by Crippen LogP contribution is -2.43. The van der Waals surface area contributed by atoms with E-state index in [1.165, 1.54) is 77.3 Å². The molecule has 4 heterocycles. The molecule has 4 bridgehead atoms. The first-order valence-corrected chi connectivity index (χ1v) is 21.3. The highest BCUT2D eigenvalue weighted by atomic mass is 16.2. The molecule has 2 saturated heterocycles. The molecule has 6 heteroatoms. The van der Waals surface area contributed by atoms with Crippen molar-refractivity contribution in [3.63, 3.8) is 0 Å². The monoisotopic (exact) mass is 690 g/mol. The number of nitrogens with one attached hydrogen (secondary N) is 2. The van der Waals surface area contributed by atoms with E-state index < -0.39 is 0 Å². The number of benzene rings is 2. The van der Waals surface area contributed by atoms with E-state index in [2.05, 4.69) is 69.0 Å². The summed E-state index contributed by atoms with van der Waals surface area (Å²) >= 11 is 0. The zero-order valence-electron chi connectivity index (χ0n) is 31.0. The zero-order valence-corrected chi connectivity index (χ0v) is 31.0. The molecule has 2 aromatic rings. The first-order chi connectivity index (χ1) is 25.0. The normalized spacial score (nSPS) is 33.6. The lowest BCUT2D eigenvalue weighted by atomic mass is 9.78. The third-order valence-electron chi connectivity index (χ3n) is 15.2. The van der Waals surface area contributed by atoms with Gasteiger partial charge in [0.15, 0.2) is 0 Å². The third kappa shape index (κ3) is 6.94. The third-order valence-corrected chi connectivity index (χ3v) is 15.2. The standard InChI is InChI=1S/C45H62N4O2/c50-43(46-33-15-11-31(12-16-33)23-27-48-39-19-20-40(48)36-8-2-1-7-35(36)39)29-45(25-5-6-26-45)30-44(51)47-34-17-13-32(14-18-34)24-28-49-41-21-22-42(49)38-10-4-3-9-37(38)41/h1-4,7-10,31-34,39-42H,5-6,11-30H2,(H,46,50)(H,47,51)/t31-,32-,33-,34-,39-,40+,41-,42+. The molecule has 5 fully saturated rings. The van der Waals surface area contributed by atoms with E-state index in [1.807, 2.05) is 0 Å². The lowest BCUT2D eigenvalue weighted by molar-refractivity contribution is -0.127. The van der Waals surface area contributed by atoms with Gasteiger partial charge in [0.2, 0.25) is 11.8 Å². The molecule has 0 unspecified atom stereocenters. The Bertz CT molecular complexity index is 1380. The molecule has 2 aromatic carbocycles. The molecule has 9 rings (SSSR count). The summed E-state index contributed by atoms with van der Waals surface area (Å²) in [6, 6.07) is 21.4. The molecule has 4 aliphatic heterocycles. The second kappa shape index (κ2) is 14.6. The second-order valence-corrected chi connectivity index (χ2v) is 18.2. The summed E-state index contributed by atoms with van der Waals surface area (Å²) in [5, 5.41) is 6.89. The molecule has 6 nitrogen and oxygen atoms in total. The molecular weight excluding hydrogens is 629 g/mol. The Balaban J connectivity index is 0.681. The molecule has 0 aromatic heterocycles. The van der Waals surface area contributed by atoms with Crippen LogP contribution in [0.2, 0.25) is 0 Å². The zero-order chi connectivity index (χ0) is 34.4. The smallest absolute Gasteiger partial charge is 0.220 e. The largest absolute Gasteiger partial charge is 0.353 e. The minimum absolute atomic E-state index is 0.151. The molecule has 3 saturated carbocycles. The van der Waals surface area contributed by atoms with Crippen LogP contribution >= 0.6 is 0 Å². The van der Waals surface area contributed by atoms with E-state index in [4.69, 9.17) is 0 Å². The summed E-state index contributed by atoms with van der Waals surface area (Å²) in [4.78, 5) is 32.5. The van der Waals surface area contributed by atoms with Crippen molar-refractivity contribution in [3.05, 3.63) is 70.8 Å². The van der Waals surface area contributed by atoms with Crippen molar-refractivity contribution in [3.8, 4) is 0 Å². The van der Waals surface area contributed by atoms with Crippen LogP contribution in [0.5, 0.6) is 0 Å². The highest BCUT2D eigenvalue weighted by Crippen LogP contribution is 2.54. The Hall–Kier alpha value is -2.70. The van der Waals surface area contributed by atoms with Gasteiger partial charge in [-0.1, -0.05) is 61.4 Å². The van der Waals surface area contributed by atoms with Gasteiger partial charge in [-0.2, -0.15) is 0 Å². The summed E-state index contributed by atoms with van der Waals surface area (Å²) in [6.45, 7) is 2.43. The van der Waals surface area contributed by atoms with Gasteiger partial charge >= 0.3 is 0 Å². The van der Waals surface area contributed by atoms with E-state index in [0.29, 0.717) is 49.1 Å². The SMILES string of the molecule is O=C(CC1(CC(=O)N[C@H]2CC[C@H](CCN3[C@@H]4CC[C@H]3c3ccccc34)CC2)CCCC1)N[C@H]1CC[C@H](CCN2[C@@H]3CC[C@H]2c2ccccc23)CC1. The number of hydrogen-bond donors (Lipinski definition) is 2. The average Bonchev–Trinajstić information content (AvgIpc) is 3.98. The summed E-state index contributed by atoms with van der Waals surface area (Å²) in [5.41, 5.74) is 6.19. The quantitative estimate of drug-likeness (QED) is 0.233. The van der Waals surface area contributed by atoms with Gasteiger partial charge in [-0.25, -0.2) is 0 Å². The Kier molecular flexibility index (Phi) is 9.77. The Labute approximate surface area is 306 Å². The van der Waals surface area contributed by atoms with E-state index in [1.54, 1.807) is 22.3 Å². The molecule has 51 heavy (non-hydrogen) atoms. The number of fused-ring (bicyclic) bond motifs is 10. The van der Waals surface area contributed by atoms with Gasteiger partial charge < -0.3 is 10.6 Å². The van der Waals surface area contributed by atoms with Crippen molar-refractivity contribution >= 4 is 11.8 Å². The minimum Gasteiger partial charge on any atom is -0.353 e. The van der Waals surface area contributed by atoms with Crippen molar-refractivity contribution in [1.82, 2.24) is 20.4 Å². The van der Waals surface area contributed by atoms with Crippen LogP contribution in [0.15, 0.2) is 48.5 Å². The number of amides is 2. The fraction of sp³-hybridized carbons (Fsp3) is 0.689. The van der Waals surface area contributed by atoms with Gasteiger partial charge in [-0.3, -0.25) is 19.4 Å². The number of carbonyl (C=O) groups excluding carboxylic acids is 2. The molecule has 2 amide bonds. The summed E-state index contributed by atoms with van der Waals surface area (Å²) in [6.07, 6.45) is 22.5. The van der Waals surface area contributed by atoms with Crippen LogP contribution in [0.1, 0.15) is 175 Å². The van der Waals surface area contributed by atoms with E-state index in [9.17, 15) is 9.59 Å². The van der Waals surface area contributed by atoms with E-state index in [0.717, 1.165) is 63.2 Å². The minimum atomic E-state index is -0.151. The maximum absolute atomic E-state index is 13.5. The van der Waals surface area contributed by atoms with E-state index in [-0.39, 0.29) is 17.2 Å². The predicted molar refractivity (Wildman–Crippen MR) is 203 cm³/mol. The van der Waals surface area contributed by atoms with Gasteiger partial charge in [-0.05, 0) is 155 Å². The van der Waals surface area contributed by atoms with Gasteiger partial charge in [0, 0.05) is 49.1 Å². The van der Waals surface area contributed by atoms with Crippen molar-refractivity contribution in [1.29, 1.82) is 0 Å². The molecule has 3 aliphatic carbocycles. The Morgan fingerprint density at radius 3 is 1.24 bits per heavy atom. The van der Waals surface area contributed by atoms with Crippen LogP contribution < -0.4 is 10.6 Å². The summed E-state index contributed by atoms with van der Waals surface area (Å²) < 4.78 is 0. The fourth-order valence-electron chi connectivity index (χ4n) is 12.6. The lowest BCUT2D eigenvalue weighted by Gasteiger charge is -2.34. The van der Waals surface area contributed by atoms with Crippen molar-refractivity contribution < 1.29 is 9.59 Å². The Morgan fingerprint density at radius 2 is 0.882 bits per heavy atom. The highest BCUT2D eigenvalue weighted by Gasteiger charge is 2.45. The average molecular weight is 691 g/mol. The van der Waals surface area contributed by atoms with Crippen molar-refractivity contribution in [2.75, 3.05) is 13.1 Å². The number of nitrogens with zero attached hydrogens (tertiary/aromatic N) is 2. The van der Waals surface area contributed by atoms with Gasteiger partial charge in [0.25, 0.3) is 0 Å². The molecule has 7 aliphatic rings. The van der Waals surface area contributed by atoms with Crippen LogP contribution in [0.25, 0.3) is 0 Å². The number of rotatable bonds is 12. The summed E-state index contributed by atoms with van der Waals surface area (Å²) in [7, 11) is 0. The molecule has 0 spiro atoms. The molecule has 274 valence electrons. The maximum atomic E-state index is 13.5.